The number of rotatable bonds is 6. The lowest BCUT2D eigenvalue weighted by atomic mass is 9.75. The molecule has 1 heterocycles. The van der Waals surface area contributed by atoms with Gasteiger partial charge in [0.1, 0.15) is 12.1 Å². The summed E-state index contributed by atoms with van der Waals surface area (Å²) in [4.78, 5) is 23.0. The van der Waals surface area contributed by atoms with Gasteiger partial charge in [0, 0.05) is 16.8 Å². The van der Waals surface area contributed by atoms with Crippen LogP contribution in [0.2, 0.25) is 0 Å². The molecule has 0 spiro atoms. The van der Waals surface area contributed by atoms with E-state index in [9.17, 15) is 4.79 Å². The highest BCUT2D eigenvalue weighted by atomic mass is 16.1. The molecule has 0 atom stereocenters. The average Bonchev–Trinajstić information content (AvgIpc) is 3.66. The number of anilines is 3. The summed E-state index contributed by atoms with van der Waals surface area (Å²) < 4.78 is 0. The third kappa shape index (κ3) is 6.11. The molecule has 2 fully saturated rings. The summed E-state index contributed by atoms with van der Waals surface area (Å²) in [5, 5.41) is 7.17. The standard InChI is InChI=1S/C31H37N5O/c1-36(2)20-8-11-29(37)34-26-16-17-28-27(21-26)30(33-22-32-28)35-25-14-12-24(13-15-25)31(18-19-31)23-9-6-4-3-5-7-10-23/h12-17,21-23H,3-7,9-10,18-20H2,1-2H3,(H,34,37)(H,32,33,35). The van der Waals surface area contributed by atoms with Gasteiger partial charge in [0.2, 0.25) is 0 Å². The molecule has 0 radical (unpaired) electrons. The fourth-order valence-corrected chi connectivity index (χ4v) is 5.77. The molecule has 2 N–H and O–H groups in total. The molecule has 6 heteroatoms. The van der Waals surface area contributed by atoms with Gasteiger partial charge in [-0.15, -0.1) is 0 Å². The number of carbonyl (C=O) groups excluding carboxylic acids is 1. The molecule has 192 valence electrons. The molecular formula is C31H37N5O. The van der Waals surface area contributed by atoms with Gasteiger partial charge >= 0.3 is 0 Å². The van der Waals surface area contributed by atoms with Crippen LogP contribution in [0.1, 0.15) is 63.4 Å². The zero-order chi connectivity index (χ0) is 25.7. The van der Waals surface area contributed by atoms with E-state index in [2.05, 4.69) is 56.7 Å². The molecule has 0 aliphatic heterocycles. The van der Waals surface area contributed by atoms with E-state index >= 15 is 0 Å². The second-order valence-corrected chi connectivity index (χ2v) is 10.8. The minimum atomic E-state index is -0.332. The molecule has 2 aromatic carbocycles. The third-order valence-corrected chi connectivity index (χ3v) is 7.89. The summed E-state index contributed by atoms with van der Waals surface area (Å²) >= 11 is 0. The molecule has 6 nitrogen and oxygen atoms in total. The number of benzene rings is 2. The first kappa shape index (κ1) is 25.2. The van der Waals surface area contributed by atoms with Gasteiger partial charge in [0.15, 0.2) is 0 Å². The lowest BCUT2D eigenvalue weighted by Gasteiger charge is -2.29. The largest absolute Gasteiger partial charge is 0.340 e. The Bertz CT molecular complexity index is 1290. The predicted molar refractivity (Wildman–Crippen MR) is 151 cm³/mol. The van der Waals surface area contributed by atoms with Crippen molar-refractivity contribution in [1.82, 2.24) is 14.9 Å². The number of fused-ring (bicyclic) bond motifs is 1. The van der Waals surface area contributed by atoms with Crippen LogP contribution in [0.3, 0.4) is 0 Å². The van der Waals surface area contributed by atoms with Crippen LogP contribution in [0.25, 0.3) is 10.9 Å². The first-order valence-electron chi connectivity index (χ1n) is 13.6. The highest BCUT2D eigenvalue weighted by Gasteiger charge is 2.49. The van der Waals surface area contributed by atoms with Gasteiger partial charge in [0.05, 0.1) is 12.1 Å². The van der Waals surface area contributed by atoms with E-state index in [0.717, 1.165) is 22.5 Å². The van der Waals surface area contributed by atoms with Crippen LogP contribution in [0, 0.1) is 17.8 Å². The SMILES string of the molecule is CN(C)CC#CC(=O)Nc1ccc2ncnc(Nc3ccc(C4(C5CCCCCCC5)CC4)cc3)c2c1. The lowest BCUT2D eigenvalue weighted by Crippen LogP contribution is -2.21. The fraction of sp³-hybridized carbons (Fsp3) is 0.452. The van der Waals surface area contributed by atoms with Gasteiger partial charge in [-0.3, -0.25) is 9.69 Å². The van der Waals surface area contributed by atoms with Crippen molar-refractivity contribution >= 4 is 34.0 Å². The Hall–Kier alpha value is -3.43. The van der Waals surface area contributed by atoms with Crippen molar-refractivity contribution in [3.05, 3.63) is 54.4 Å². The van der Waals surface area contributed by atoms with Crippen molar-refractivity contribution in [3.63, 3.8) is 0 Å². The minimum absolute atomic E-state index is 0.332. The van der Waals surface area contributed by atoms with Gasteiger partial charge < -0.3 is 10.6 Å². The van der Waals surface area contributed by atoms with E-state index in [1.807, 2.05) is 37.2 Å². The fourth-order valence-electron chi connectivity index (χ4n) is 5.77. The number of nitrogens with one attached hydrogen (secondary N) is 2. The second-order valence-electron chi connectivity index (χ2n) is 10.8. The Kier molecular flexibility index (Phi) is 7.71. The molecule has 1 amide bonds. The highest BCUT2D eigenvalue weighted by molar-refractivity contribution is 6.05. The molecule has 0 saturated heterocycles. The van der Waals surface area contributed by atoms with E-state index in [1.54, 1.807) is 6.33 Å². The Morgan fingerprint density at radius 3 is 2.38 bits per heavy atom. The van der Waals surface area contributed by atoms with Crippen LogP contribution < -0.4 is 10.6 Å². The molecule has 2 aliphatic carbocycles. The minimum Gasteiger partial charge on any atom is -0.340 e. The van der Waals surface area contributed by atoms with Crippen molar-refractivity contribution in [2.45, 2.75) is 63.2 Å². The maximum absolute atomic E-state index is 12.2. The molecule has 37 heavy (non-hydrogen) atoms. The van der Waals surface area contributed by atoms with Crippen LogP contribution in [-0.2, 0) is 10.2 Å². The zero-order valence-corrected chi connectivity index (χ0v) is 22.0. The number of carbonyl (C=O) groups is 1. The molecular weight excluding hydrogens is 458 g/mol. The molecule has 5 rings (SSSR count). The van der Waals surface area contributed by atoms with Crippen molar-refractivity contribution in [3.8, 4) is 11.8 Å². The van der Waals surface area contributed by atoms with Gasteiger partial charge in [-0.25, -0.2) is 9.97 Å². The second kappa shape index (κ2) is 11.3. The highest BCUT2D eigenvalue weighted by Crippen LogP contribution is 2.57. The van der Waals surface area contributed by atoms with Crippen LogP contribution in [0.15, 0.2) is 48.8 Å². The van der Waals surface area contributed by atoms with Crippen LogP contribution in [0.5, 0.6) is 0 Å². The lowest BCUT2D eigenvalue weighted by molar-refractivity contribution is -0.111. The normalized spacial score (nSPS) is 17.4. The number of aromatic nitrogens is 2. The predicted octanol–water partition coefficient (Wildman–Crippen LogP) is 6.27. The zero-order valence-electron chi connectivity index (χ0n) is 22.0. The number of hydrogen-bond acceptors (Lipinski definition) is 5. The van der Waals surface area contributed by atoms with Crippen molar-refractivity contribution in [1.29, 1.82) is 0 Å². The Balaban J connectivity index is 1.31. The van der Waals surface area contributed by atoms with E-state index in [0.29, 0.717) is 23.5 Å². The summed E-state index contributed by atoms with van der Waals surface area (Å²) in [6.07, 6.45) is 14.0. The smallest absolute Gasteiger partial charge is 0.300 e. The Morgan fingerprint density at radius 2 is 1.68 bits per heavy atom. The molecule has 0 bridgehead atoms. The van der Waals surface area contributed by atoms with Crippen molar-refractivity contribution in [2.75, 3.05) is 31.3 Å². The molecule has 2 saturated carbocycles. The number of amides is 1. The Morgan fingerprint density at radius 1 is 0.973 bits per heavy atom. The van der Waals surface area contributed by atoms with Gasteiger partial charge in [-0.1, -0.05) is 50.2 Å². The molecule has 1 aromatic heterocycles. The molecule has 3 aromatic rings. The van der Waals surface area contributed by atoms with Gasteiger partial charge in [-0.2, -0.15) is 0 Å². The Labute approximate surface area is 220 Å². The van der Waals surface area contributed by atoms with Crippen molar-refractivity contribution < 1.29 is 4.79 Å². The van der Waals surface area contributed by atoms with E-state index in [1.165, 1.54) is 63.4 Å². The van der Waals surface area contributed by atoms with Crippen LogP contribution in [0.4, 0.5) is 17.2 Å². The first-order valence-corrected chi connectivity index (χ1v) is 13.6. The van der Waals surface area contributed by atoms with Crippen molar-refractivity contribution in [2.24, 2.45) is 5.92 Å². The summed E-state index contributed by atoms with van der Waals surface area (Å²) in [5.41, 5.74) is 4.38. The topological polar surface area (TPSA) is 70.2 Å². The van der Waals surface area contributed by atoms with Gasteiger partial charge in [-0.05, 0) is 92.9 Å². The number of nitrogens with zero attached hydrogens (tertiary/aromatic N) is 3. The summed E-state index contributed by atoms with van der Waals surface area (Å²) in [6.45, 7) is 0.535. The van der Waals surface area contributed by atoms with Gasteiger partial charge in [0.25, 0.3) is 5.91 Å². The molecule has 2 aliphatic rings. The average molecular weight is 496 g/mol. The number of hydrogen-bond donors (Lipinski definition) is 2. The van der Waals surface area contributed by atoms with E-state index < -0.39 is 0 Å². The first-order chi connectivity index (χ1) is 18.0. The maximum Gasteiger partial charge on any atom is 0.300 e. The van der Waals surface area contributed by atoms with E-state index in [-0.39, 0.29) is 5.91 Å². The van der Waals surface area contributed by atoms with E-state index in [4.69, 9.17) is 0 Å². The summed E-state index contributed by atoms with van der Waals surface area (Å²) in [7, 11) is 3.84. The third-order valence-electron chi connectivity index (χ3n) is 7.89. The quantitative estimate of drug-likeness (QED) is 0.395. The maximum atomic E-state index is 12.2. The monoisotopic (exact) mass is 495 g/mol. The molecule has 0 unspecified atom stereocenters. The summed E-state index contributed by atoms with van der Waals surface area (Å²) in [5.74, 6) is 6.70. The van der Waals surface area contributed by atoms with Crippen LogP contribution in [-0.4, -0.2) is 41.4 Å². The summed E-state index contributed by atoms with van der Waals surface area (Å²) in [6, 6.07) is 14.6. The van der Waals surface area contributed by atoms with Crippen LogP contribution >= 0.6 is 0 Å².